The van der Waals surface area contributed by atoms with Gasteiger partial charge >= 0.3 is 0 Å². The lowest BCUT2D eigenvalue weighted by molar-refractivity contribution is -0.0134. The molecule has 1 heterocycles. The molecule has 18 heavy (non-hydrogen) atoms. The lowest BCUT2D eigenvalue weighted by Gasteiger charge is -2.52. The summed E-state index contributed by atoms with van der Waals surface area (Å²) in [5, 5.41) is 0. The minimum absolute atomic E-state index is 0.354. The largest absolute Gasteiger partial charge is 0.329 e. The summed E-state index contributed by atoms with van der Waals surface area (Å²) in [4.78, 5) is 2.84. The first-order valence-electron chi connectivity index (χ1n) is 8.18. The third kappa shape index (κ3) is 2.91. The van der Waals surface area contributed by atoms with Crippen LogP contribution in [0, 0.1) is 5.92 Å². The second-order valence-corrected chi connectivity index (χ2v) is 6.74. The van der Waals surface area contributed by atoms with Crippen LogP contribution in [0.5, 0.6) is 0 Å². The molecular weight excluding hydrogens is 220 g/mol. The van der Waals surface area contributed by atoms with Gasteiger partial charge in [0.25, 0.3) is 0 Å². The van der Waals surface area contributed by atoms with Crippen molar-refractivity contribution in [3.05, 3.63) is 0 Å². The molecule has 1 unspecified atom stereocenters. The van der Waals surface area contributed by atoms with E-state index in [9.17, 15) is 0 Å². The van der Waals surface area contributed by atoms with Crippen molar-refractivity contribution in [3.63, 3.8) is 0 Å². The smallest absolute Gasteiger partial charge is 0.0334 e. The highest BCUT2D eigenvalue weighted by atomic mass is 15.2. The summed E-state index contributed by atoms with van der Waals surface area (Å²) in [7, 11) is 0. The fourth-order valence-electron chi connectivity index (χ4n) is 4.17. The van der Waals surface area contributed by atoms with Gasteiger partial charge in [-0.05, 0) is 57.4 Å². The van der Waals surface area contributed by atoms with Crippen molar-refractivity contribution in [3.8, 4) is 0 Å². The van der Waals surface area contributed by atoms with Crippen molar-refractivity contribution in [1.29, 1.82) is 0 Å². The van der Waals surface area contributed by atoms with Gasteiger partial charge in [0.15, 0.2) is 0 Å². The molecule has 1 atom stereocenters. The molecule has 2 rings (SSSR count). The number of nitrogens with zero attached hydrogens (tertiary/aromatic N) is 1. The van der Waals surface area contributed by atoms with Crippen molar-refractivity contribution in [1.82, 2.24) is 4.90 Å². The Kier molecular flexibility index (Phi) is 5.08. The first kappa shape index (κ1) is 14.3. The Morgan fingerprint density at radius 2 is 1.89 bits per heavy atom. The molecular formula is C16H32N2. The summed E-state index contributed by atoms with van der Waals surface area (Å²) < 4.78 is 0. The van der Waals surface area contributed by atoms with E-state index < -0.39 is 0 Å². The predicted octanol–water partition coefficient (Wildman–Crippen LogP) is 3.55. The van der Waals surface area contributed by atoms with Gasteiger partial charge in [-0.2, -0.15) is 0 Å². The van der Waals surface area contributed by atoms with Gasteiger partial charge in [0, 0.05) is 18.1 Å². The summed E-state index contributed by atoms with van der Waals surface area (Å²) in [6, 6.07) is 0.820. The summed E-state index contributed by atoms with van der Waals surface area (Å²) in [5.41, 5.74) is 6.59. The minimum atomic E-state index is 0.354. The highest BCUT2D eigenvalue weighted by molar-refractivity contribution is 4.99. The van der Waals surface area contributed by atoms with Crippen LogP contribution in [0.1, 0.15) is 71.6 Å². The number of hydrogen-bond donors (Lipinski definition) is 1. The fourth-order valence-corrected chi connectivity index (χ4v) is 4.17. The Balaban J connectivity index is 2.08. The zero-order chi connectivity index (χ0) is 13.0. The van der Waals surface area contributed by atoms with Crippen molar-refractivity contribution >= 4 is 0 Å². The Morgan fingerprint density at radius 3 is 2.50 bits per heavy atom. The van der Waals surface area contributed by atoms with E-state index in [1.54, 1.807) is 0 Å². The maximum Gasteiger partial charge on any atom is 0.0334 e. The van der Waals surface area contributed by atoms with Gasteiger partial charge < -0.3 is 5.73 Å². The molecule has 1 saturated carbocycles. The van der Waals surface area contributed by atoms with Crippen LogP contribution in [0.3, 0.4) is 0 Å². The van der Waals surface area contributed by atoms with Gasteiger partial charge in [-0.25, -0.2) is 0 Å². The van der Waals surface area contributed by atoms with Crippen LogP contribution in [0.2, 0.25) is 0 Å². The number of nitrogens with two attached hydrogens (primary N) is 1. The average Bonchev–Trinajstić information content (AvgIpc) is 2.41. The topological polar surface area (TPSA) is 29.3 Å². The van der Waals surface area contributed by atoms with E-state index in [2.05, 4.69) is 18.7 Å². The average molecular weight is 252 g/mol. The second kappa shape index (κ2) is 6.38. The normalized spacial score (nSPS) is 38.8. The maximum atomic E-state index is 6.23. The quantitative estimate of drug-likeness (QED) is 0.829. The van der Waals surface area contributed by atoms with Crippen molar-refractivity contribution in [2.75, 3.05) is 13.1 Å². The van der Waals surface area contributed by atoms with Crippen molar-refractivity contribution < 1.29 is 0 Å². The van der Waals surface area contributed by atoms with E-state index in [4.69, 9.17) is 5.73 Å². The van der Waals surface area contributed by atoms with Gasteiger partial charge in [-0.15, -0.1) is 0 Å². The zero-order valence-corrected chi connectivity index (χ0v) is 12.5. The Bertz CT molecular complexity index is 241. The molecule has 1 saturated heterocycles. The van der Waals surface area contributed by atoms with Crippen LogP contribution in [0.25, 0.3) is 0 Å². The van der Waals surface area contributed by atoms with Gasteiger partial charge in [0.1, 0.15) is 0 Å². The third-order valence-electron chi connectivity index (χ3n) is 5.44. The van der Waals surface area contributed by atoms with Gasteiger partial charge in [-0.3, -0.25) is 4.90 Å². The lowest BCUT2D eigenvalue weighted by atomic mass is 9.74. The fraction of sp³-hybridized carbons (Fsp3) is 1.00. The van der Waals surface area contributed by atoms with Crippen LogP contribution in [-0.2, 0) is 0 Å². The first-order chi connectivity index (χ1) is 8.72. The molecule has 1 aliphatic heterocycles. The van der Waals surface area contributed by atoms with Crippen molar-refractivity contribution in [2.45, 2.75) is 83.2 Å². The zero-order valence-electron chi connectivity index (χ0n) is 12.5. The second-order valence-electron chi connectivity index (χ2n) is 6.74. The molecule has 2 aliphatic rings. The monoisotopic (exact) mass is 252 g/mol. The SMILES string of the molecule is CCCC1CCCCN1C1(CN)CCC(C)CC1. The summed E-state index contributed by atoms with van der Waals surface area (Å²) in [5.74, 6) is 0.916. The molecule has 2 nitrogen and oxygen atoms in total. The van der Waals surface area contributed by atoms with E-state index in [0.29, 0.717) is 5.54 Å². The van der Waals surface area contributed by atoms with Crippen molar-refractivity contribution in [2.24, 2.45) is 11.7 Å². The molecule has 0 bridgehead atoms. The standard InChI is InChI=1S/C16H32N2/c1-3-6-15-7-4-5-12-18(15)16(13-17)10-8-14(2)9-11-16/h14-15H,3-13,17H2,1-2H3. The maximum absolute atomic E-state index is 6.23. The van der Waals surface area contributed by atoms with Crippen LogP contribution in [0.15, 0.2) is 0 Å². The number of likely N-dealkylation sites (tertiary alicyclic amines) is 1. The van der Waals surface area contributed by atoms with Crippen LogP contribution in [0.4, 0.5) is 0 Å². The van der Waals surface area contributed by atoms with E-state index in [0.717, 1.165) is 18.5 Å². The summed E-state index contributed by atoms with van der Waals surface area (Å²) >= 11 is 0. The molecule has 2 N–H and O–H groups in total. The molecule has 2 fully saturated rings. The molecule has 0 aromatic carbocycles. The lowest BCUT2D eigenvalue weighted by Crippen LogP contribution is -2.60. The molecule has 1 aliphatic carbocycles. The molecule has 0 radical (unpaired) electrons. The Morgan fingerprint density at radius 1 is 1.17 bits per heavy atom. The molecule has 0 aromatic heterocycles. The van der Waals surface area contributed by atoms with E-state index in [-0.39, 0.29) is 0 Å². The molecule has 106 valence electrons. The highest BCUT2D eigenvalue weighted by Crippen LogP contribution is 2.39. The van der Waals surface area contributed by atoms with Crippen LogP contribution >= 0.6 is 0 Å². The highest BCUT2D eigenvalue weighted by Gasteiger charge is 2.41. The molecule has 0 aromatic rings. The van der Waals surface area contributed by atoms with E-state index in [1.807, 2.05) is 0 Å². The van der Waals surface area contributed by atoms with Gasteiger partial charge in [0.2, 0.25) is 0 Å². The number of piperidine rings is 1. The van der Waals surface area contributed by atoms with Gasteiger partial charge in [-0.1, -0.05) is 26.7 Å². The predicted molar refractivity (Wildman–Crippen MR) is 78.7 cm³/mol. The van der Waals surface area contributed by atoms with E-state index in [1.165, 1.54) is 64.3 Å². The van der Waals surface area contributed by atoms with Gasteiger partial charge in [0.05, 0.1) is 0 Å². The van der Waals surface area contributed by atoms with Crippen LogP contribution in [-0.4, -0.2) is 29.6 Å². The Labute approximate surface area is 113 Å². The van der Waals surface area contributed by atoms with Crippen LogP contribution < -0.4 is 5.73 Å². The molecule has 0 spiro atoms. The van der Waals surface area contributed by atoms with E-state index >= 15 is 0 Å². The Hall–Kier alpha value is -0.0800. The third-order valence-corrected chi connectivity index (χ3v) is 5.44. The summed E-state index contributed by atoms with van der Waals surface area (Å²) in [6.45, 7) is 6.90. The summed E-state index contributed by atoms with van der Waals surface area (Å²) in [6.07, 6.45) is 12.4. The molecule has 0 amide bonds. The number of rotatable bonds is 4. The first-order valence-corrected chi connectivity index (χ1v) is 8.18. The minimum Gasteiger partial charge on any atom is -0.329 e. The number of hydrogen-bond acceptors (Lipinski definition) is 2. The molecule has 2 heteroatoms.